The Morgan fingerprint density at radius 3 is 2.59 bits per heavy atom. The first-order valence-electron chi connectivity index (χ1n) is 5.19. The number of rotatable bonds is 3. The van der Waals surface area contributed by atoms with Crippen molar-refractivity contribution in [2.24, 2.45) is 0 Å². The molecule has 0 bridgehead atoms. The fraction of sp³-hybridized carbons (Fsp3) is 0. The highest BCUT2D eigenvalue weighted by atomic mass is 16.6. The molecule has 2 aromatic rings. The first-order valence-corrected chi connectivity index (χ1v) is 5.19. The zero-order chi connectivity index (χ0) is 12.3. The quantitative estimate of drug-likeness (QED) is 0.454. The van der Waals surface area contributed by atoms with Crippen LogP contribution in [0, 0.1) is 10.1 Å². The summed E-state index contributed by atoms with van der Waals surface area (Å²) in [6.07, 6.45) is 2.85. The van der Waals surface area contributed by atoms with E-state index in [1.165, 1.54) is 12.2 Å². The van der Waals surface area contributed by atoms with Crippen LogP contribution in [-0.2, 0) is 0 Å². The van der Waals surface area contributed by atoms with E-state index in [1.807, 2.05) is 36.4 Å². The van der Waals surface area contributed by atoms with E-state index in [1.54, 1.807) is 6.07 Å². The lowest BCUT2D eigenvalue weighted by Gasteiger charge is -2.03. The van der Waals surface area contributed by atoms with Gasteiger partial charge in [-0.25, -0.2) is 0 Å². The second-order valence-corrected chi connectivity index (χ2v) is 3.57. The largest absolute Gasteiger partial charge is 0.277 e. The molecule has 0 saturated heterocycles. The van der Waals surface area contributed by atoms with Gasteiger partial charge in [0.2, 0.25) is 0 Å². The summed E-state index contributed by atoms with van der Waals surface area (Å²) in [5.74, 6) is 0. The van der Waals surface area contributed by atoms with Crippen molar-refractivity contribution in [3.8, 4) is 0 Å². The Hall–Kier alpha value is -2.42. The first-order chi connectivity index (χ1) is 8.24. The summed E-state index contributed by atoms with van der Waals surface area (Å²) >= 11 is 0. The topological polar surface area (TPSA) is 43.1 Å². The molecule has 0 heterocycles. The van der Waals surface area contributed by atoms with Crippen molar-refractivity contribution < 1.29 is 4.92 Å². The van der Waals surface area contributed by atoms with Crippen molar-refractivity contribution in [3.63, 3.8) is 0 Å². The van der Waals surface area contributed by atoms with Crippen LogP contribution < -0.4 is 0 Å². The molecule has 0 radical (unpaired) electrons. The molecule has 3 nitrogen and oxygen atoms in total. The molecule has 0 aromatic heterocycles. The van der Waals surface area contributed by atoms with Crippen molar-refractivity contribution in [2.75, 3.05) is 0 Å². The highest BCUT2D eigenvalue weighted by Gasteiger charge is 2.15. The van der Waals surface area contributed by atoms with Gasteiger partial charge in [-0.1, -0.05) is 49.1 Å². The van der Waals surface area contributed by atoms with E-state index < -0.39 is 0 Å². The molecule has 2 rings (SSSR count). The second kappa shape index (κ2) is 4.61. The average Bonchev–Trinajstić information content (AvgIpc) is 2.35. The van der Waals surface area contributed by atoms with Crippen LogP contribution in [0.15, 0.2) is 61.2 Å². The molecule has 84 valence electrons. The molecule has 3 heteroatoms. The molecule has 0 spiro atoms. The highest BCUT2D eigenvalue weighted by molar-refractivity contribution is 5.92. The number of fused-ring (bicyclic) bond motifs is 1. The van der Waals surface area contributed by atoms with Crippen LogP contribution in [0.2, 0.25) is 0 Å². The van der Waals surface area contributed by atoms with Crippen LogP contribution >= 0.6 is 0 Å². The van der Waals surface area contributed by atoms with Crippen LogP contribution in [0.25, 0.3) is 16.5 Å². The van der Waals surface area contributed by atoms with Gasteiger partial charge in [-0.2, -0.15) is 0 Å². The first kappa shape index (κ1) is 11.1. The van der Waals surface area contributed by atoms with Gasteiger partial charge in [0.15, 0.2) is 0 Å². The van der Waals surface area contributed by atoms with Gasteiger partial charge in [0.1, 0.15) is 0 Å². The van der Waals surface area contributed by atoms with Gasteiger partial charge in [0.05, 0.1) is 10.5 Å². The molecule has 0 amide bonds. The summed E-state index contributed by atoms with van der Waals surface area (Å²) in [4.78, 5) is 10.6. The smallest absolute Gasteiger partial charge is 0.258 e. The maximum atomic E-state index is 11.0. The highest BCUT2D eigenvalue weighted by Crippen LogP contribution is 2.25. The van der Waals surface area contributed by atoms with E-state index in [9.17, 15) is 10.1 Å². The Kier molecular flexibility index (Phi) is 3.01. The third-order valence-corrected chi connectivity index (χ3v) is 2.54. The molecule has 0 aliphatic carbocycles. The Bertz CT molecular complexity index is 609. The van der Waals surface area contributed by atoms with Gasteiger partial charge in [-0.05, 0) is 16.8 Å². The van der Waals surface area contributed by atoms with Crippen LogP contribution in [-0.4, -0.2) is 4.92 Å². The minimum absolute atomic E-state index is 0.0665. The van der Waals surface area contributed by atoms with Crippen molar-refractivity contribution in [3.05, 3.63) is 76.9 Å². The van der Waals surface area contributed by atoms with E-state index in [4.69, 9.17) is 0 Å². The summed E-state index contributed by atoms with van der Waals surface area (Å²) in [7, 11) is 0. The Balaban J connectivity index is 2.74. The van der Waals surface area contributed by atoms with E-state index in [0.717, 1.165) is 10.8 Å². The third kappa shape index (κ3) is 2.08. The van der Waals surface area contributed by atoms with Gasteiger partial charge in [0, 0.05) is 6.08 Å². The number of hydrogen-bond acceptors (Lipinski definition) is 2. The summed E-state index contributed by atoms with van der Waals surface area (Å²) in [6.45, 7) is 3.51. The summed E-state index contributed by atoms with van der Waals surface area (Å²) in [5.41, 5.74) is 0.685. The van der Waals surface area contributed by atoms with Crippen LogP contribution in [0.5, 0.6) is 0 Å². The molecule has 0 unspecified atom stereocenters. The zero-order valence-electron chi connectivity index (χ0n) is 9.17. The summed E-state index contributed by atoms with van der Waals surface area (Å²) in [5, 5.41) is 12.9. The third-order valence-electron chi connectivity index (χ3n) is 2.54. The van der Waals surface area contributed by atoms with E-state index >= 15 is 0 Å². The Morgan fingerprint density at radius 1 is 1.18 bits per heavy atom. The van der Waals surface area contributed by atoms with Crippen molar-refractivity contribution in [2.45, 2.75) is 0 Å². The van der Waals surface area contributed by atoms with E-state index in [-0.39, 0.29) is 10.6 Å². The Morgan fingerprint density at radius 2 is 1.88 bits per heavy atom. The van der Waals surface area contributed by atoms with Gasteiger partial charge in [0.25, 0.3) is 5.70 Å². The standard InChI is InChI=1S/C14H11NO2/c1-2-6-14(15(16)17)13-10-5-8-11-7-3-4-9-12(11)13/h2-10H,1H2. The van der Waals surface area contributed by atoms with E-state index in [2.05, 4.69) is 6.58 Å². The van der Waals surface area contributed by atoms with Crippen LogP contribution in [0.4, 0.5) is 0 Å². The van der Waals surface area contributed by atoms with Gasteiger partial charge < -0.3 is 0 Å². The minimum atomic E-state index is -0.385. The SMILES string of the molecule is C=CC=C(c1cccc2ccccc12)[N+](=O)[O-]. The molecular formula is C14H11NO2. The molecule has 2 aromatic carbocycles. The lowest BCUT2D eigenvalue weighted by Crippen LogP contribution is -1.98. The van der Waals surface area contributed by atoms with Crippen LogP contribution in [0.1, 0.15) is 5.56 Å². The number of hydrogen-bond donors (Lipinski definition) is 0. The molecule has 0 aliphatic rings. The number of nitro groups is 1. The maximum Gasteiger partial charge on any atom is 0.277 e. The summed E-state index contributed by atoms with van der Waals surface area (Å²) < 4.78 is 0. The van der Waals surface area contributed by atoms with Gasteiger partial charge in [-0.3, -0.25) is 10.1 Å². The van der Waals surface area contributed by atoms with Crippen molar-refractivity contribution >= 4 is 16.5 Å². The maximum absolute atomic E-state index is 11.0. The van der Waals surface area contributed by atoms with Crippen molar-refractivity contribution in [1.82, 2.24) is 0 Å². The predicted octanol–water partition coefficient (Wildman–Crippen LogP) is 3.64. The van der Waals surface area contributed by atoms with Crippen LogP contribution in [0.3, 0.4) is 0 Å². The monoisotopic (exact) mass is 225 g/mol. The lowest BCUT2D eigenvalue weighted by atomic mass is 10.0. The number of benzene rings is 2. The minimum Gasteiger partial charge on any atom is -0.258 e. The molecule has 0 atom stereocenters. The molecule has 0 saturated carbocycles. The number of nitrogens with zero attached hydrogens (tertiary/aromatic N) is 1. The fourth-order valence-corrected chi connectivity index (χ4v) is 1.81. The zero-order valence-corrected chi connectivity index (χ0v) is 9.17. The summed E-state index contributed by atoms with van der Waals surface area (Å²) in [6, 6.07) is 13.1. The predicted molar refractivity (Wildman–Crippen MR) is 69.1 cm³/mol. The van der Waals surface area contributed by atoms with Gasteiger partial charge in [-0.15, -0.1) is 0 Å². The van der Waals surface area contributed by atoms with Crippen molar-refractivity contribution in [1.29, 1.82) is 0 Å². The van der Waals surface area contributed by atoms with E-state index in [0.29, 0.717) is 5.56 Å². The number of allylic oxidation sites excluding steroid dienone is 2. The molecule has 0 fully saturated rings. The second-order valence-electron chi connectivity index (χ2n) is 3.57. The molecule has 0 aliphatic heterocycles. The molecule has 17 heavy (non-hydrogen) atoms. The Labute approximate surface area is 98.8 Å². The normalized spacial score (nSPS) is 11.4. The fourth-order valence-electron chi connectivity index (χ4n) is 1.81. The van der Waals surface area contributed by atoms with Gasteiger partial charge >= 0.3 is 0 Å². The molecular weight excluding hydrogens is 214 g/mol. The lowest BCUT2D eigenvalue weighted by molar-refractivity contribution is -0.375. The average molecular weight is 225 g/mol. The molecule has 0 N–H and O–H groups in total.